The number of amides is 1. The number of rotatable bonds is 5. The van der Waals surface area contributed by atoms with E-state index >= 15 is 0 Å². The van der Waals surface area contributed by atoms with Gasteiger partial charge in [0.2, 0.25) is 5.91 Å². The molecule has 7 heteroatoms. The predicted octanol–water partition coefficient (Wildman–Crippen LogP) is 2.13. The third-order valence-electron chi connectivity index (χ3n) is 4.27. The molecule has 2 N–H and O–H groups in total. The monoisotopic (exact) mass is 322 g/mol. The summed E-state index contributed by atoms with van der Waals surface area (Å²) in [6.45, 7) is 1.46. The molecule has 0 atom stereocenters. The number of nitrogens with one attached hydrogen (secondary N) is 2. The summed E-state index contributed by atoms with van der Waals surface area (Å²) in [4.78, 5) is 29.8. The van der Waals surface area contributed by atoms with Gasteiger partial charge in [-0.1, -0.05) is 18.2 Å². The summed E-state index contributed by atoms with van der Waals surface area (Å²) in [7, 11) is 0. The molecule has 0 fully saturated rings. The minimum Gasteiger partial charge on any atom is -0.368 e. The van der Waals surface area contributed by atoms with Gasteiger partial charge in [-0.2, -0.15) is 0 Å². The van der Waals surface area contributed by atoms with Gasteiger partial charge in [-0.15, -0.1) is 0 Å². The second-order valence-corrected chi connectivity index (χ2v) is 5.78. The zero-order valence-electron chi connectivity index (χ0n) is 13.2. The number of carbonyl (C=O) groups excluding carboxylic acids is 1. The predicted molar refractivity (Wildman–Crippen MR) is 91.9 cm³/mol. The molecule has 3 aromatic rings. The first-order valence-corrected chi connectivity index (χ1v) is 8.09. The van der Waals surface area contributed by atoms with Crippen molar-refractivity contribution in [1.82, 2.24) is 19.9 Å². The molecule has 0 radical (unpaired) electrons. The number of nitrogens with zero attached hydrogens (tertiary/aromatic N) is 4. The molecule has 1 aliphatic heterocycles. The number of aromatic amines is 1. The average molecular weight is 322 g/mol. The van der Waals surface area contributed by atoms with Gasteiger partial charge in [0.25, 0.3) is 0 Å². The number of hydrogen-bond donors (Lipinski definition) is 2. The van der Waals surface area contributed by atoms with E-state index in [1.165, 1.54) is 11.9 Å². The number of anilines is 2. The van der Waals surface area contributed by atoms with Gasteiger partial charge in [0.05, 0.1) is 6.33 Å². The molecule has 24 heavy (non-hydrogen) atoms. The Kier molecular flexibility index (Phi) is 3.82. The van der Waals surface area contributed by atoms with Gasteiger partial charge in [0.1, 0.15) is 11.8 Å². The van der Waals surface area contributed by atoms with Crippen LogP contribution in [0.5, 0.6) is 0 Å². The van der Waals surface area contributed by atoms with Crippen LogP contribution in [0.25, 0.3) is 11.2 Å². The lowest BCUT2D eigenvalue weighted by Crippen LogP contribution is -2.29. The van der Waals surface area contributed by atoms with Crippen LogP contribution < -0.4 is 10.2 Å². The van der Waals surface area contributed by atoms with Gasteiger partial charge in [-0.05, 0) is 24.5 Å². The molecule has 3 heterocycles. The minimum absolute atomic E-state index is 0.177. The lowest BCUT2D eigenvalue weighted by atomic mass is 10.2. The number of para-hydroxylation sites is 1. The Morgan fingerprint density at radius 2 is 2.17 bits per heavy atom. The maximum atomic E-state index is 12.4. The van der Waals surface area contributed by atoms with Crippen molar-refractivity contribution in [1.29, 1.82) is 0 Å². The Morgan fingerprint density at radius 1 is 1.25 bits per heavy atom. The third kappa shape index (κ3) is 2.68. The van der Waals surface area contributed by atoms with Crippen molar-refractivity contribution < 1.29 is 4.79 Å². The molecule has 0 bridgehead atoms. The van der Waals surface area contributed by atoms with Gasteiger partial charge in [-0.25, -0.2) is 15.0 Å². The summed E-state index contributed by atoms with van der Waals surface area (Å²) in [5.41, 5.74) is 3.74. The van der Waals surface area contributed by atoms with Crippen LogP contribution in [-0.2, 0) is 11.2 Å². The van der Waals surface area contributed by atoms with Gasteiger partial charge in [0, 0.05) is 25.2 Å². The minimum atomic E-state index is 0.177. The molecule has 0 unspecified atom stereocenters. The van der Waals surface area contributed by atoms with E-state index in [1.54, 1.807) is 6.33 Å². The lowest BCUT2D eigenvalue weighted by molar-refractivity contribution is -0.118. The fourth-order valence-corrected chi connectivity index (χ4v) is 3.08. The summed E-state index contributed by atoms with van der Waals surface area (Å²) in [5, 5.41) is 3.25. The third-order valence-corrected chi connectivity index (χ3v) is 4.27. The van der Waals surface area contributed by atoms with E-state index in [9.17, 15) is 4.79 Å². The normalized spacial score (nSPS) is 13.2. The molecule has 1 aliphatic rings. The number of H-pyrrole nitrogens is 1. The summed E-state index contributed by atoms with van der Waals surface area (Å²) in [6, 6.07) is 8.12. The van der Waals surface area contributed by atoms with Crippen molar-refractivity contribution in [3.8, 4) is 0 Å². The van der Waals surface area contributed by atoms with Crippen LogP contribution in [0, 0.1) is 0 Å². The Balaban J connectivity index is 1.32. The van der Waals surface area contributed by atoms with E-state index in [2.05, 4.69) is 31.3 Å². The highest BCUT2D eigenvalue weighted by atomic mass is 16.2. The Hall–Kier alpha value is -2.96. The van der Waals surface area contributed by atoms with E-state index in [0.717, 1.165) is 36.4 Å². The van der Waals surface area contributed by atoms with Crippen LogP contribution >= 0.6 is 0 Å². The zero-order chi connectivity index (χ0) is 16.4. The number of imidazole rings is 1. The van der Waals surface area contributed by atoms with Crippen molar-refractivity contribution in [3.63, 3.8) is 0 Å². The molecule has 4 rings (SSSR count). The summed E-state index contributed by atoms with van der Waals surface area (Å²) < 4.78 is 0. The van der Waals surface area contributed by atoms with Crippen molar-refractivity contribution >= 4 is 28.6 Å². The molecule has 1 aromatic carbocycles. The highest BCUT2D eigenvalue weighted by Gasteiger charge is 2.23. The molecule has 7 nitrogen and oxygen atoms in total. The van der Waals surface area contributed by atoms with Gasteiger partial charge in [0.15, 0.2) is 11.5 Å². The molecule has 1 amide bonds. The lowest BCUT2D eigenvalue weighted by Gasteiger charge is -2.17. The molecular formula is C17H18N6O. The van der Waals surface area contributed by atoms with E-state index in [0.29, 0.717) is 18.6 Å². The van der Waals surface area contributed by atoms with Crippen molar-refractivity contribution in [2.45, 2.75) is 19.3 Å². The van der Waals surface area contributed by atoms with E-state index < -0.39 is 0 Å². The highest BCUT2D eigenvalue weighted by molar-refractivity contribution is 5.95. The summed E-state index contributed by atoms with van der Waals surface area (Å²) in [6.07, 6.45) is 5.28. The molecule has 0 saturated heterocycles. The average Bonchev–Trinajstić information content (AvgIpc) is 3.25. The van der Waals surface area contributed by atoms with Gasteiger partial charge >= 0.3 is 0 Å². The number of benzene rings is 1. The Labute approximate surface area is 139 Å². The quantitative estimate of drug-likeness (QED) is 0.703. The number of fused-ring (bicyclic) bond motifs is 2. The van der Waals surface area contributed by atoms with E-state index in [1.807, 2.05) is 23.1 Å². The number of hydrogen-bond acceptors (Lipinski definition) is 5. The Bertz CT molecular complexity index is 874. The summed E-state index contributed by atoms with van der Waals surface area (Å²) in [5.74, 6) is 0.896. The van der Waals surface area contributed by atoms with Crippen LogP contribution in [0.15, 0.2) is 36.9 Å². The largest absolute Gasteiger partial charge is 0.368 e. The molecule has 0 aliphatic carbocycles. The van der Waals surface area contributed by atoms with Crippen molar-refractivity contribution in [3.05, 3.63) is 42.5 Å². The van der Waals surface area contributed by atoms with Crippen LogP contribution in [0.2, 0.25) is 0 Å². The Morgan fingerprint density at radius 3 is 3.12 bits per heavy atom. The summed E-state index contributed by atoms with van der Waals surface area (Å²) >= 11 is 0. The molecule has 0 spiro atoms. The fraction of sp³-hybridized carbons (Fsp3) is 0.294. The van der Waals surface area contributed by atoms with Crippen LogP contribution in [-0.4, -0.2) is 38.9 Å². The standard InChI is InChI=1S/C17H18N6O/c24-14(23-9-7-12-4-1-2-5-13(12)23)6-3-8-18-16-15-17(20-10-19-15)22-11-21-16/h1-2,4-5,10-11H,3,6-9H2,(H2,18,19,20,21,22). The second-order valence-electron chi connectivity index (χ2n) is 5.78. The topological polar surface area (TPSA) is 86.8 Å². The number of aromatic nitrogens is 4. The molecule has 0 saturated carbocycles. The second kappa shape index (κ2) is 6.27. The first-order chi connectivity index (χ1) is 11.8. The maximum Gasteiger partial charge on any atom is 0.227 e. The van der Waals surface area contributed by atoms with Gasteiger partial charge in [-0.3, -0.25) is 4.79 Å². The first kappa shape index (κ1) is 14.6. The van der Waals surface area contributed by atoms with E-state index in [4.69, 9.17) is 0 Å². The van der Waals surface area contributed by atoms with Crippen molar-refractivity contribution in [2.24, 2.45) is 0 Å². The molecule has 2 aromatic heterocycles. The molecular weight excluding hydrogens is 304 g/mol. The van der Waals surface area contributed by atoms with E-state index in [-0.39, 0.29) is 5.91 Å². The maximum absolute atomic E-state index is 12.4. The number of carbonyl (C=O) groups is 1. The van der Waals surface area contributed by atoms with Crippen LogP contribution in [0.3, 0.4) is 0 Å². The highest BCUT2D eigenvalue weighted by Crippen LogP contribution is 2.28. The van der Waals surface area contributed by atoms with Gasteiger partial charge < -0.3 is 15.2 Å². The fourth-order valence-electron chi connectivity index (χ4n) is 3.08. The SMILES string of the molecule is O=C(CCCNc1ncnc2nc[nH]c12)N1CCc2ccccc21. The molecule has 122 valence electrons. The van der Waals surface area contributed by atoms with Crippen LogP contribution in [0.1, 0.15) is 18.4 Å². The van der Waals surface area contributed by atoms with Crippen LogP contribution in [0.4, 0.5) is 11.5 Å². The zero-order valence-corrected chi connectivity index (χ0v) is 13.2. The van der Waals surface area contributed by atoms with Crippen molar-refractivity contribution in [2.75, 3.05) is 23.3 Å². The first-order valence-electron chi connectivity index (χ1n) is 8.09. The smallest absolute Gasteiger partial charge is 0.227 e.